The average Bonchev–Trinajstić information content (AvgIpc) is 2.39. The van der Waals surface area contributed by atoms with Crippen LogP contribution in [0.15, 0.2) is 0 Å². The summed E-state index contributed by atoms with van der Waals surface area (Å²) in [5.74, 6) is 0. The van der Waals surface area contributed by atoms with E-state index in [2.05, 4.69) is 88.2 Å². The van der Waals surface area contributed by atoms with Gasteiger partial charge in [0, 0.05) is 0 Å². The lowest BCUT2D eigenvalue weighted by Crippen LogP contribution is -2.87. The van der Waals surface area contributed by atoms with Gasteiger partial charge in [-0.1, -0.05) is 60.4 Å². The molecule has 3 nitrogen and oxygen atoms in total. The second kappa shape index (κ2) is 7.88. The van der Waals surface area contributed by atoms with Crippen molar-refractivity contribution in [3.05, 3.63) is 0 Å². The van der Waals surface area contributed by atoms with Gasteiger partial charge >= 0.3 is 0 Å². The summed E-state index contributed by atoms with van der Waals surface area (Å²) in [4.78, 5) is 0. The molecule has 0 atom stereocenters. The van der Waals surface area contributed by atoms with E-state index < -0.39 is 22.8 Å². The maximum absolute atomic E-state index is 2.83. The molecule has 0 amide bonds. The Labute approximate surface area is 137 Å². The quantitative estimate of drug-likeness (QED) is 0.592. The van der Waals surface area contributed by atoms with Crippen LogP contribution < -0.4 is 0 Å². The molecule has 0 saturated carbocycles. The monoisotopic (exact) mass is 347 g/mol. The van der Waals surface area contributed by atoms with E-state index in [1.54, 1.807) is 0 Å². The smallest absolute Gasteiger partial charge is 0.140 e. The summed E-state index contributed by atoms with van der Waals surface area (Å²) in [6.45, 7) is 27.5. The zero-order valence-electron chi connectivity index (χ0n) is 16.7. The molecular formula is C15H41N3Si3. The Morgan fingerprint density at radius 3 is 0.952 bits per heavy atom. The van der Waals surface area contributed by atoms with Gasteiger partial charge in [-0.25, -0.2) is 0 Å². The van der Waals surface area contributed by atoms with E-state index in [0.29, 0.717) is 0 Å². The number of hydrogen-bond donors (Lipinski definition) is 0. The van der Waals surface area contributed by atoms with Crippen LogP contribution in [0.5, 0.6) is 0 Å². The molecule has 0 aromatic carbocycles. The van der Waals surface area contributed by atoms with Gasteiger partial charge in [0.15, 0.2) is 0 Å². The molecule has 21 heavy (non-hydrogen) atoms. The molecule has 128 valence electrons. The number of nitrogens with zero attached hydrogens (tertiary/aromatic N) is 3. The molecule has 0 aromatic heterocycles. The fraction of sp³-hybridized carbons (Fsp3) is 1.00. The van der Waals surface area contributed by atoms with E-state index in [9.17, 15) is 0 Å². The third kappa shape index (κ3) is 3.56. The van der Waals surface area contributed by atoms with Crippen molar-refractivity contribution < 1.29 is 0 Å². The van der Waals surface area contributed by atoms with Crippen molar-refractivity contribution in [2.24, 2.45) is 0 Å². The van der Waals surface area contributed by atoms with Crippen molar-refractivity contribution in [3.63, 3.8) is 0 Å². The predicted octanol–water partition coefficient (Wildman–Crippen LogP) is 3.37. The lowest BCUT2D eigenvalue weighted by atomic mass is 10.7. The lowest BCUT2D eigenvalue weighted by Gasteiger charge is -2.59. The Bertz CT molecular complexity index is 287. The van der Waals surface area contributed by atoms with Crippen molar-refractivity contribution in [1.82, 2.24) is 13.7 Å². The molecule has 0 rings (SSSR count). The van der Waals surface area contributed by atoms with Crippen molar-refractivity contribution in [3.8, 4) is 0 Å². The van der Waals surface area contributed by atoms with Gasteiger partial charge in [-0.3, -0.25) is 0 Å². The molecule has 0 unspecified atom stereocenters. The van der Waals surface area contributed by atoms with Gasteiger partial charge in [0.1, 0.15) is 22.8 Å². The minimum Gasteiger partial charge on any atom is -0.331 e. The SMILES string of the molecule is CCN(CC)[Si](C)(C)[Si](C)(N(C)C)[Si](C)(C)N(CC)CC. The first-order valence-corrected chi connectivity index (χ1v) is 19.0. The molecule has 0 N–H and O–H groups in total. The summed E-state index contributed by atoms with van der Waals surface area (Å²) in [5, 5.41) is 0. The summed E-state index contributed by atoms with van der Waals surface area (Å²) in [7, 11) is 0.274. The van der Waals surface area contributed by atoms with E-state index in [-0.39, 0.29) is 0 Å². The molecule has 0 aliphatic carbocycles. The molecule has 0 heterocycles. The average molecular weight is 348 g/mol. The molecule has 6 heteroatoms. The lowest BCUT2D eigenvalue weighted by molar-refractivity contribution is 0.461. The highest BCUT2D eigenvalue weighted by Crippen LogP contribution is 2.34. The first kappa shape index (κ1) is 21.5. The zero-order chi connectivity index (χ0) is 17.1. The standard InChI is InChI=1S/C15H41N3Si3/c1-12-17(13-2)19(7,8)21(11,16(5)6)20(9,10)18(14-3)15-4/h12-15H2,1-11H3. The van der Waals surface area contributed by atoms with E-state index >= 15 is 0 Å². The Morgan fingerprint density at radius 2 is 0.810 bits per heavy atom. The zero-order valence-corrected chi connectivity index (χ0v) is 19.7. The van der Waals surface area contributed by atoms with Crippen LogP contribution in [0.2, 0.25) is 32.7 Å². The highest BCUT2D eigenvalue weighted by atomic mass is 29.7. The van der Waals surface area contributed by atoms with Crippen LogP contribution in [0.1, 0.15) is 27.7 Å². The van der Waals surface area contributed by atoms with Gasteiger partial charge in [-0.2, -0.15) is 0 Å². The molecule has 0 bridgehead atoms. The Kier molecular flexibility index (Phi) is 8.08. The Hall–Kier alpha value is 0.531. The fourth-order valence-electron chi connectivity index (χ4n) is 4.49. The van der Waals surface area contributed by atoms with Gasteiger partial charge in [-0.05, 0) is 40.3 Å². The molecule has 0 aliphatic rings. The van der Waals surface area contributed by atoms with E-state index in [4.69, 9.17) is 0 Å². The van der Waals surface area contributed by atoms with Crippen LogP contribution in [-0.4, -0.2) is 76.7 Å². The largest absolute Gasteiger partial charge is 0.331 e. The number of rotatable bonds is 9. The van der Waals surface area contributed by atoms with Crippen LogP contribution in [0.3, 0.4) is 0 Å². The maximum atomic E-state index is 2.83. The summed E-state index contributed by atoms with van der Waals surface area (Å²) < 4.78 is 8.36. The molecule has 0 saturated heterocycles. The van der Waals surface area contributed by atoms with Crippen molar-refractivity contribution in [2.75, 3.05) is 40.3 Å². The number of hydrogen-bond acceptors (Lipinski definition) is 3. The Morgan fingerprint density at radius 1 is 0.571 bits per heavy atom. The molecular weight excluding hydrogens is 306 g/mol. The molecule has 0 aromatic rings. The van der Waals surface area contributed by atoms with Crippen molar-refractivity contribution in [2.45, 2.75) is 60.4 Å². The second-order valence-corrected chi connectivity index (χ2v) is 32.7. The first-order chi connectivity index (χ1) is 9.48. The van der Waals surface area contributed by atoms with E-state index in [0.717, 1.165) is 0 Å². The summed E-state index contributed by atoms with van der Waals surface area (Å²) in [6, 6.07) is 0. The maximum Gasteiger partial charge on any atom is 0.140 e. The minimum absolute atomic E-state index is 1.20. The Balaban J connectivity index is 6.05. The highest BCUT2D eigenvalue weighted by molar-refractivity contribution is 7.66. The molecule has 0 spiro atoms. The van der Waals surface area contributed by atoms with Crippen LogP contribution >= 0.6 is 0 Å². The minimum atomic E-state index is -1.53. The van der Waals surface area contributed by atoms with Crippen molar-refractivity contribution >= 4 is 22.8 Å². The van der Waals surface area contributed by atoms with Crippen molar-refractivity contribution in [1.29, 1.82) is 0 Å². The van der Waals surface area contributed by atoms with Gasteiger partial charge in [-0.15, -0.1) is 0 Å². The molecule has 0 fully saturated rings. The van der Waals surface area contributed by atoms with Crippen LogP contribution in [-0.2, 0) is 0 Å². The third-order valence-corrected chi connectivity index (χ3v) is 47.3. The predicted molar refractivity (Wildman–Crippen MR) is 106 cm³/mol. The van der Waals surface area contributed by atoms with E-state index in [1.807, 2.05) is 0 Å². The van der Waals surface area contributed by atoms with Gasteiger partial charge in [0.05, 0.1) is 0 Å². The third-order valence-electron chi connectivity index (χ3n) is 6.39. The fourth-order valence-corrected chi connectivity index (χ4v) is 45.5. The van der Waals surface area contributed by atoms with Gasteiger partial charge in [0.25, 0.3) is 0 Å². The summed E-state index contributed by atoms with van der Waals surface area (Å²) >= 11 is 0. The van der Waals surface area contributed by atoms with Gasteiger partial charge in [0.2, 0.25) is 0 Å². The topological polar surface area (TPSA) is 9.72 Å². The summed E-state index contributed by atoms with van der Waals surface area (Å²) in [6.07, 6.45) is 0. The normalized spacial score (nSPS) is 14.6. The van der Waals surface area contributed by atoms with E-state index in [1.165, 1.54) is 26.2 Å². The molecule has 0 radical (unpaired) electrons. The second-order valence-electron chi connectivity index (χ2n) is 7.43. The first-order valence-electron chi connectivity index (χ1n) is 8.66. The van der Waals surface area contributed by atoms with Crippen LogP contribution in [0.25, 0.3) is 0 Å². The summed E-state index contributed by atoms with van der Waals surface area (Å²) in [5.41, 5.74) is 0. The van der Waals surface area contributed by atoms with Gasteiger partial charge < -0.3 is 13.7 Å². The highest BCUT2D eigenvalue weighted by Gasteiger charge is 2.61. The van der Waals surface area contributed by atoms with Crippen LogP contribution in [0, 0.1) is 0 Å². The van der Waals surface area contributed by atoms with Crippen LogP contribution in [0.4, 0.5) is 0 Å². The molecule has 0 aliphatic heterocycles.